The molecule has 13 heavy (non-hydrogen) atoms. The summed E-state index contributed by atoms with van der Waals surface area (Å²) in [7, 11) is 0. The molecule has 1 aliphatic heterocycles. The van der Waals surface area contributed by atoms with E-state index in [0.29, 0.717) is 5.25 Å². The Morgan fingerprint density at radius 2 is 2.62 bits per heavy atom. The van der Waals surface area contributed by atoms with Gasteiger partial charge in [-0.2, -0.15) is 0 Å². The smallest absolute Gasteiger partial charge is 0.120 e. The molecule has 2 nitrogen and oxygen atoms in total. The number of hydrogen-bond donors (Lipinski definition) is 1. The summed E-state index contributed by atoms with van der Waals surface area (Å²) in [5.74, 6) is 0. The van der Waals surface area contributed by atoms with Gasteiger partial charge in [-0.1, -0.05) is 18.7 Å². The molecule has 0 saturated heterocycles. The van der Waals surface area contributed by atoms with E-state index < -0.39 is 0 Å². The second-order valence-electron chi connectivity index (χ2n) is 3.04. The molecule has 0 saturated carbocycles. The standard InChI is InChI=1S/C9H11BrN2S/c1-2-7-5-11-8-3-6(10)4-12-9(8)13-7/h3-4,7,11H,2,5H2,1H3. The minimum Gasteiger partial charge on any atom is -0.382 e. The highest BCUT2D eigenvalue weighted by molar-refractivity contribution is 9.10. The van der Waals surface area contributed by atoms with E-state index in [1.807, 2.05) is 18.0 Å². The maximum Gasteiger partial charge on any atom is 0.120 e. The van der Waals surface area contributed by atoms with E-state index in [1.165, 1.54) is 6.42 Å². The molecule has 1 aliphatic rings. The molecule has 2 heterocycles. The van der Waals surface area contributed by atoms with Gasteiger partial charge in [-0.05, 0) is 28.4 Å². The number of nitrogens with zero attached hydrogens (tertiary/aromatic N) is 1. The summed E-state index contributed by atoms with van der Waals surface area (Å²) in [6.07, 6.45) is 3.04. The Morgan fingerprint density at radius 3 is 3.38 bits per heavy atom. The Bertz CT molecular complexity index is 316. The van der Waals surface area contributed by atoms with Gasteiger partial charge in [0.1, 0.15) is 5.03 Å². The SMILES string of the molecule is CCC1CNc2cc(Br)cnc2S1. The third-order valence-corrected chi connectivity index (χ3v) is 3.89. The third kappa shape index (κ3) is 1.99. The predicted octanol–water partition coefficient (Wildman–Crippen LogP) is 3.14. The van der Waals surface area contributed by atoms with Crippen LogP contribution >= 0.6 is 27.7 Å². The Kier molecular flexibility index (Phi) is 2.79. The second kappa shape index (κ2) is 3.88. The van der Waals surface area contributed by atoms with Gasteiger partial charge in [0.15, 0.2) is 0 Å². The molecule has 1 N–H and O–H groups in total. The lowest BCUT2D eigenvalue weighted by atomic mass is 10.3. The molecule has 0 fully saturated rings. The van der Waals surface area contributed by atoms with Gasteiger partial charge in [0, 0.05) is 22.5 Å². The van der Waals surface area contributed by atoms with E-state index in [0.717, 1.165) is 21.7 Å². The van der Waals surface area contributed by atoms with Crippen molar-refractivity contribution in [3.63, 3.8) is 0 Å². The molecular weight excluding hydrogens is 248 g/mol. The van der Waals surface area contributed by atoms with Crippen LogP contribution in [0, 0.1) is 0 Å². The Hall–Kier alpha value is -0.220. The first-order chi connectivity index (χ1) is 6.29. The average Bonchev–Trinajstić information content (AvgIpc) is 2.17. The van der Waals surface area contributed by atoms with Gasteiger partial charge in [0.05, 0.1) is 5.69 Å². The number of pyridine rings is 1. The van der Waals surface area contributed by atoms with Crippen molar-refractivity contribution in [1.82, 2.24) is 4.98 Å². The molecule has 1 aromatic heterocycles. The lowest BCUT2D eigenvalue weighted by molar-refractivity contribution is 0.833. The van der Waals surface area contributed by atoms with Gasteiger partial charge in [0.25, 0.3) is 0 Å². The molecule has 0 radical (unpaired) electrons. The average molecular weight is 259 g/mol. The Labute approximate surface area is 90.6 Å². The Balaban J connectivity index is 2.26. The van der Waals surface area contributed by atoms with Crippen molar-refractivity contribution in [2.75, 3.05) is 11.9 Å². The summed E-state index contributed by atoms with van der Waals surface area (Å²) in [6, 6.07) is 2.08. The van der Waals surface area contributed by atoms with Crippen LogP contribution in [0.1, 0.15) is 13.3 Å². The highest BCUT2D eigenvalue weighted by Crippen LogP contribution is 2.35. The minimum atomic E-state index is 0.668. The molecule has 2 rings (SSSR count). The van der Waals surface area contributed by atoms with E-state index in [2.05, 4.69) is 39.2 Å². The van der Waals surface area contributed by atoms with Crippen molar-refractivity contribution in [2.45, 2.75) is 23.6 Å². The molecule has 0 aliphatic carbocycles. The first-order valence-corrected chi connectivity index (χ1v) is 6.03. The summed E-state index contributed by atoms with van der Waals surface area (Å²) in [6.45, 7) is 3.26. The molecule has 1 atom stereocenters. The molecule has 1 unspecified atom stereocenters. The van der Waals surface area contributed by atoms with E-state index in [9.17, 15) is 0 Å². The fraction of sp³-hybridized carbons (Fsp3) is 0.444. The van der Waals surface area contributed by atoms with Crippen LogP contribution in [-0.4, -0.2) is 16.8 Å². The van der Waals surface area contributed by atoms with E-state index in [-0.39, 0.29) is 0 Å². The molecule has 70 valence electrons. The lowest BCUT2D eigenvalue weighted by Gasteiger charge is -2.23. The summed E-state index contributed by atoms with van der Waals surface area (Å²) in [5.41, 5.74) is 1.16. The number of hydrogen-bond acceptors (Lipinski definition) is 3. The summed E-state index contributed by atoms with van der Waals surface area (Å²) < 4.78 is 1.04. The van der Waals surface area contributed by atoms with Crippen LogP contribution in [0.25, 0.3) is 0 Å². The van der Waals surface area contributed by atoms with Crippen molar-refractivity contribution in [3.05, 3.63) is 16.7 Å². The molecule has 0 aromatic carbocycles. The number of thioether (sulfide) groups is 1. The number of aromatic nitrogens is 1. The zero-order valence-corrected chi connectivity index (χ0v) is 9.78. The van der Waals surface area contributed by atoms with Gasteiger partial charge >= 0.3 is 0 Å². The number of rotatable bonds is 1. The fourth-order valence-electron chi connectivity index (χ4n) is 1.30. The van der Waals surface area contributed by atoms with Crippen molar-refractivity contribution < 1.29 is 0 Å². The normalized spacial score (nSPS) is 20.6. The number of halogens is 1. The fourth-order valence-corrected chi connectivity index (χ4v) is 2.65. The maximum atomic E-state index is 4.37. The van der Waals surface area contributed by atoms with Crippen LogP contribution in [0.15, 0.2) is 21.8 Å². The van der Waals surface area contributed by atoms with Crippen LogP contribution in [0.4, 0.5) is 5.69 Å². The minimum absolute atomic E-state index is 0.668. The molecule has 0 spiro atoms. The van der Waals surface area contributed by atoms with Gasteiger partial charge in [-0.3, -0.25) is 0 Å². The van der Waals surface area contributed by atoms with Crippen molar-refractivity contribution in [1.29, 1.82) is 0 Å². The quantitative estimate of drug-likeness (QED) is 0.838. The van der Waals surface area contributed by atoms with Gasteiger partial charge in [-0.25, -0.2) is 4.98 Å². The monoisotopic (exact) mass is 258 g/mol. The highest BCUT2D eigenvalue weighted by Gasteiger charge is 2.18. The number of anilines is 1. The van der Waals surface area contributed by atoms with Crippen LogP contribution in [0.5, 0.6) is 0 Å². The Morgan fingerprint density at radius 1 is 1.77 bits per heavy atom. The van der Waals surface area contributed by atoms with Gasteiger partial charge in [-0.15, -0.1) is 0 Å². The van der Waals surface area contributed by atoms with Crippen LogP contribution < -0.4 is 5.32 Å². The molecular formula is C9H11BrN2S. The first-order valence-electron chi connectivity index (χ1n) is 4.35. The highest BCUT2D eigenvalue weighted by atomic mass is 79.9. The third-order valence-electron chi connectivity index (χ3n) is 2.07. The van der Waals surface area contributed by atoms with Gasteiger partial charge in [0.2, 0.25) is 0 Å². The number of nitrogens with one attached hydrogen (secondary N) is 1. The van der Waals surface area contributed by atoms with E-state index >= 15 is 0 Å². The largest absolute Gasteiger partial charge is 0.382 e. The molecule has 0 bridgehead atoms. The van der Waals surface area contributed by atoms with Crippen molar-refractivity contribution in [3.8, 4) is 0 Å². The van der Waals surface area contributed by atoms with Crippen molar-refractivity contribution in [2.24, 2.45) is 0 Å². The molecule has 0 amide bonds. The van der Waals surface area contributed by atoms with Crippen LogP contribution in [-0.2, 0) is 0 Å². The van der Waals surface area contributed by atoms with Gasteiger partial charge < -0.3 is 5.32 Å². The van der Waals surface area contributed by atoms with E-state index in [4.69, 9.17) is 0 Å². The molecule has 4 heteroatoms. The van der Waals surface area contributed by atoms with Crippen LogP contribution in [0.2, 0.25) is 0 Å². The van der Waals surface area contributed by atoms with E-state index in [1.54, 1.807) is 0 Å². The maximum absolute atomic E-state index is 4.37. The zero-order valence-electron chi connectivity index (χ0n) is 7.38. The summed E-state index contributed by atoms with van der Waals surface area (Å²) in [4.78, 5) is 4.37. The zero-order chi connectivity index (χ0) is 9.26. The van der Waals surface area contributed by atoms with Crippen molar-refractivity contribution >= 4 is 33.4 Å². The second-order valence-corrected chi connectivity index (χ2v) is 5.24. The summed E-state index contributed by atoms with van der Waals surface area (Å²) >= 11 is 5.28. The van der Waals surface area contributed by atoms with Crippen LogP contribution in [0.3, 0.4) is 0 Å². The topological polar surface area (TPSA) is 24.9 Å². The molecule has 1 aromatic rings. The lowest BCUT2D eigenvalue weighted by Crippen LogP contribution is -2.21. The number of fused-ring (bicyclic) bond motifs is 1. The summed E-state index contributed by atoms with van der Waals surface area (Å²) in [5, 5.41) is 5.19. The predicted molar refractivity (Wildman–Crippen MR) is 60.4 cm³/mol. The first kappa shape index (κ1) is 9.34.